The van der Waals surface area contributed by atoms with Crippen LogP contribution in [0.15, 0.2) is 55.1 Å². The molecule has 4 aromatic rings. The topological polar surface area (TPSA) is 67.4 Å². The second-order valence-electron chi connectivity index (χ2n) is 5.80. The molecule has 0 aliphatic carbocycles. The summed E-state index contributed by atoms with van der Waals surface area (Å²) in [7, 11) is 0. The van der Waals surface area contributed by atoms with Crippen LogP contribution in [0, 0.1) is 11.3 Å². The molecule has 4 rings (SSSR count). The van der Waals surface area contributed by atoms with E-state index in [-0.39, 0.29) is 11.1 Å². The number of hydrogen-bond acceptors (Lipinski definition) is 5. The van der Waals surface area contributed by atoms with Crippen LogP contribution in [0.5, 0.6) is 0 Å². The highest BCUT2D eigenvalue weighted by atomic mass is 32.1. The van der Waals surface area contributed by atoms with Gasteiger partial charge in [0.05, 0.1) is 27.0 Å². The molecular weight excluding hydrogens is 387 g/mol. The molecule has 5 nitrogen and oxygen atoms in total. The van der Waals surface area contributed by atoms with Crippen molar-refractivity contribution in [3.05, 3.63) is 71.3 Å². The smallest absolute Gasteiger partial charge is 0.235 e. The maximum Gasteiger partial charge on any atom is 0.416 e. The van der Waals surface area contributed by atoms with Crippen LogP contribution in [-0.2, 0) is 6.18 Å². The number of allylic oxidation sites excluding steroid dienone is 1. The van der Waals surface area contributed by atoms with Gasteiger partial charge in [-0.3, -0.25) is 0 Å². The summed E-state index contributed by atoms with van der Waals surface area (Å²) in [5.41, 5.74) is 1.31. The SMILES string of the molecule is N#C/C(=C/c1ccc(-n2cncn2)cc1)c1nc2cc(C(F)(F)F)ccc2s1. The van der Waals surface area contributed by atoms with Crippen molar-refractivity contribution in [3.63, 3.8) is 0 Å². The van der Waals surface area contributed by atoms with Gasteiger partial charge < -0.3 is 0 Å². The first kappa shape index (κ1) is 17.9. The van der Waals surface area contributed by atoms with Gasteiger partial charge in [0.2, 0.25) is 0 Å². The summed E-state index contributed by atoms with van der Waals surface area (Å²) in [5, 5.41) is 13.9. The first-order chi connectivity index (χ1) is 13.4. The molecule has 0 atom stereocenters. The lowest BCUT2D eigenvalue weighted by Crippen LogP contribution is -2.03. The normalized spacial score (nSPS) is 12.3. The molecule has 2 aromatic heterocycles. The highest BCUT2D eigenvalue weighted by Gasteiger charge is 2.30. The summed E-state index contributed by atoms with van der Waals surface area (Å²) >= 11 is 1.18. The molecule has 2 heterocycles. The van der Waals surface area contributed by atoms with Crippen LogP contribution in [0.25, 0.3) is 27.6 Å². The largest absolute Gasteiger partial charge is 0.416 e. The third-order valence-electron chi connectivity index (χ3n) is 3.95. The molecule has 2 aromatic carbocycles. The Kier molecular flexibility index (Phi) is 4.41. The lowest BCUT2D eigenvalue weighted by molar-refractivity contribution is -0.137. The van der Waals surface area contributed by atoms with Gasteiger partial charge in [0, 0.05) is 0 Å². The van der Waals surface area contributed by atoms with E-state index in [1.165, 1.54) is 23.7 Å². The minimum absolute atomic E-state index is 0.220. The standard InChI is InChI=1S/C19H10F3N5S/c20-19(21,22)14-3-6-17-16(8-14)26-18(28-17)13(9-23)7-12-1-4-15(5-2-12)27-11-24-10-25-27/h1-8,10-11H/b13-7-. The Hall–Kier alpha value is -3.51. The summed E-state index contributed by atoms with van der Waals surface area (Å²) in [5.74, 6) is 0. The molecule has 0 aliphatic heterocycles. The van der Waals surface area contributed by atoms with Crippen molar-refractivity contribution in [2.75, 3.05) is 0 Å². The quantitative estimate of drug-likeness (QED) is 0.458. The number of thiazole rings is 1. The van der Waals surface area contributed by atoms with E-state index in [1.54, 1.807) is 17.1 Å². The van der Waals surface area contributed by atoms with Gasteiger partial charge in [0.25, 0.3) is 0 Å². The molecule has 0 aliphatic rings. The van der Waals surface area contributed by atoms with Gasteiger partial charge in [-0.05, 0) is 42.0 Å². The van der Waals surface area contributed by atoms with Crippen molar-refractivity contribution in [1.29, 1.82) is 5.26 Å². The molecule has 0 fully saturated rings. The van der Waals surface area contributed by atoms with Crippen LogP contribution in [0.2, 0.25) is 0 Å². The summed E-state index contributed by atoms with van der Waals surface area (Å²) in [6.07, 6.45) is 0.214. The Morgan fingerprint density at radius 2 is 1.93 bits per heavy atom. The maximum atomic E-state index is 12.9. The van der Waals surface area contributed by atoms with E-state index in [4.69, 9.17) is 0 Å². The fraction of sp³-hybridized carbons (Fsp3) is 0.0526. The average molecular weight is 397 g/mol. The van der Waals surface area contributed by atoms with Crippen LogP contribution in [0.1, 0.15) is 16.1 Å². The Morgan fingerprint density at radius 3 is 2.57 bits per heavy atom. The lowest BCUT2D eigenvalue weighted by Gasteiger charge is -2.04. The lowest BCUT2D eigenvalue weighted by atomic mass is 10.1. The zero-order chi connectivity index (χ0) is 19.7. The average Bonchev–Trinajstić information content (AvgIpc) is 3.35. The fourth-order valence-corrected chi connectivity index (χ4v) is 3.50. The molecule has 0 saturated carbocycles. The van der Waals surface area contributed by atoms with Crippen molar-refractivity contribution in [1.82, 2.24) is 19.7 Å². The number of alkyl halides is 3. The second-order valence-corrected chi connectivity index (χ2v) is 6.83. The first-order valence-corrected chi connectivity index (χ1v) is 8.81. The number of nitrogens with zero attached hydrogens (tertiary/aromatic N) is 5. The van der Waals surface area contributed by atoms with Crippen molar-refractivity contribution >= 4 is 33.2 Å². The molecule has 0 radical (unpaired) electrons. The summed E-state index contributed by atoms with van der Waals surface area (Å²) in [6.45, 7) is 0. The van der Waals surface area contributed by atoms with Gasteiger partial charge in [0.15, 0.2) is 0 Å². The molecular formula is C19H10F3N5S. The van der Waals surface area contributed by atoms with Crippen LogP contribution in [0.4, 0.5) is 13.2 Å². The number of aromatic nitrogens is 4. The summed E-state index contributed by atoms with van der Waals surface area (Å²) < 4.78 is 40.8. The minimum Gasteiger partial charge on any atom is -0.235 e. The molecule has 0 unspecified atom stereocenters. The van der Waals surface area contributed by atoms with E-state index >= 15 is 0 Å². The third-order valence-corrected chi connectivity index (χ3v) is 5.02. The molecule has 138 valence electrons. The van der Waals surface area contributed by atoms with Crippen molar-refractivity contribution in [2.45, 2.75) is 6.18 Å². The molecule has 28 heavy (non-hydrogen) atoms. The summed E-state index contributed by atoms with van der Waals surface area (Å²) in [6, 6.07) is 12.7. The Labute approximate surface area is 161 Å². The van der Waals surface area contributed by atoms with Gasteiger partial charge in [-0.1, -0.05) is 12.1 Å². The molecule has 0 amide bonds. The van der Waals surface area contributed by atoms with Gasteiger partial charge in [-0.2, -0.15) is 23.5 Å². The van der Waals surface area contributed by atoms with E-state index in [1.807, 2.05) is 24.3 Å². The number of halogens is 3. The number of benzene rings is 2. The fourth-order valence-electron chi connectivity index (χ4n) is 2.59. The Bertz CT molecular complexity index is 1200. The van der Waals surface area contributed by atoms with E-state index in [2.05, 4.69) is 21.1 Å². The van der Waals surface area contributed by atoms with Gasteiger partial charge >= 0.3 is 6.18 Å². The minimum atomic E-state index is -4.43. The van der Waals surface area contributed by atoms with Gasteiger partial charge in [0.1, 0.15) is 23.7 Å². The predicted octanol–water partition coefficient (Wildman–Crippen LogP) is 4.96. The van der Waals surface area contributed by atoms with E-state index in [9.17, 15) is 18.4 Å². The second kappa shape index (κ2) is 6.90. The molecule has 9 heteroatoms. The van der Waals surface area contributed by atoms with E-state index < -0.39 is 11.7 Å². The Balaban J connectivity index is 1.67. The Morgan fingerprint density at radius 1 is 1.14 bits per heavy atom. The first-order valence-electron chi connectivity index (χ1n) is 7.99. The monoisotopic (exact) mass is 397 g/mol. The molecule has 0 saturated heterocycles. The zero-order valence-corrected chi connectivity index (χ0v) is 14.9. The van der Waals surface area contributed by atoms with Crippen LogP contribution in [0.3, 0.4) is 0 Å². The molecule has 0 spiro atoms. The van der Waals surface area contributed by atoms with Crippen LogP contribution >= 0.6 is 11.3 Å². The van der Waals surface area contributed by atoms with Crippen molar-refractivity contribution in [3.8, 4) is 11.8 Å². The van der Waals surface area contributed by atoms with Gasteiger partial charge in [-0.15, -0.1) is 11.3 Å². The van der Waals surface area contributed by atoms with Gasteiger partial charge in [-0.25, -0.2) is 14.6 Å². The highest BCUT2D eigenvalue weighted by Crippen LogP contribution is 2.34. The van der Waals surface area contributed by atoms with Crippen LogP contribution < -0.4 is 0 Å². The molecule has 0 bridgehead atoms. The highest BCUT2D eigenvalue weighted by molar-refractivity contribution is 7.19. The van der Waals surface area contributed by atoms with E-state index in [0.717, 1.165) is 23.4 Å². The maximum absolute atomic E-state index is 12.9. The number of fused-ring (bicyclic) bond motifs is 1. The van der Waals surface area contributed by atoms with Crippen molar-refractivity contribution < 1.29 is 13.2 Å². The van der Waals surface area contributed by atoms with Crippen LogP contribution in [-0.4, -0.2) is 19.7 Å². The van der Waals surface area contributed by atoms with E-state index in [0.29, 0.717) is 9.71 Å². The zero-order valence-electron chi connectivity index (χ0n) is 14.1. The third kappa shape index (κ3) is 3.50. The number of hydrogen-bond donors (Lipinski definition) is 0. The van der Waals surface area contributed by atoms with Crippen molar-refractivity contribution in [2.24, 2.45) is 0 Å². The number of nitriles is 1. The summed E-state index contributed by atoms with van der Waals surface area (Å²) in [4.78, 5) is 8.10. The number of rotatable bonds is 3. The molecule has 0 N–H and O–H groups in total. The predicted molar refractivity (Wildman–Crippen MR) is 99.5 cm³/mol.